The molecule has 7 heteroatoms. The summed E-state index contributed by atoms with van der Waals surface area (Å²) >= 11 is 0. The molecule has 1 amide bonds. The molecule has 0 spiro atoms. The maximum Gasteiger partial charge on any atom is 0.280 e. The molecule has 0 N–H and O–H groups in total. The molecule has 0 atom stereocenters. The second kappa shape index (κ2) is 9.31. The van der Waals surface area contributed by atoms with Crippen LogP contribution in [0.4, 0.5) is 11.4 Å². The van der Waals surface area contributed by atoms with E-state index in [1.165, 1.54) is 17.1 Å². The SMILES string of the molecule is CC(C)(C)C1=NN(c2ccccc2)C(=O)/C1=C/c1ccc(OCc2ccc([N+](=O)[O-])cc2)cc1. The fraction of sp³-hybridized carbons (Fsp3) is 0.185. The number of nitrogens with zero attached hydrogens (tertiary/aromatic N) is 3. The number of para-hydroxylation sites is 1. The summed E-state index contributed by atoms with van der Waals surface area (Å²) in [4.78, 5) is 23.6. The first-order chi connectivity index (χ1) is 16.2. The van der Waals surface area contributed by atoms with Crippen molar-refractivity contribution in [1.82, 2.24) is 0 Å². The highest BCUT2D eigenvalue weighted by Gasteiger charge is 2.37. The Balaban J connectivity index is 1.51. The molecule has 7 nitrogen and oxygen atoms in total. The van der Waals surface area contributed by atoms with Gasteiger partial charge in [0.05, 0.1) is 21.9 Å². The van der Waals surface area contributed by atoms with E-state index in [4.69, 9.17) is 4.74 Å². The van der Waals surface area contributed by atoms with Crippen LogP contribution in [0.3, 0.4) is 0 Å². The van der Waals surface area contributed by atoms with Crippen LogP contribution in [0.15, 0.2) is 89.5 Å². The molecule has 0 unspecified atom stereocenters. The lowest BCUT2D eigenvalue weighted by atomic mass is 9.85. The zero-order valence-electron chi connectivity index (χ0n) is 19.3. The second-order valence-corrected chi connectivity index (χ2v) is 8.99. The van der Waals surface area contributed by atoms with E-state index in [-0.39, 0.29) is 17.0 Å². The summed E-state index contributed by atoms with van der Waals surface area (Å²) in [5, 5.41) is 16.9. The van der Waals surface area contributed by atoms with E-state index in [1.807, 2.05) is 81.4 Å². The second-order valence-electron chi connectivity index (χ2n) is 8.99. The van der Waals surface area contributed by atoms with Crippen molar-refractivity contribution in [2.75, 3.05) is 5.01 Å². The number of hydrazone groups is 1. The summed E-state index contributed by atoms with van der Waals surface area (Å²) in [5.74, 6) is 0.503. The molecule has 0 aliphatic carbocycles. The molecular weight excluding hydrogens is 430 g/mol. The monoisotopic (exact) mass is 455 g/mol. The maximum atomic E-state index is 13.2. The van der Waals surface area contributed by atoms with E-state index in [1.54, 1.807) is 12.1 Å². The Morgan fingerprint density at radius 3 is 2.21 bits per heavy atom. The summed E-state index contributed by atoms with van der Waals surface area (Å²) in [7, 11) is 0. The van der Waals surface area contributed by atoms with Crippen molar-refractivity contribution in [3.63, 3.8) is 0 Å². The molecule has 0 bridgehead atoms. The van der Waals surface area contributed by atoms with Crippen molar-refractivity contribution >= 4 is 29.1 Å². The van der Waals surface area contributed by atoms with Crippen molar-refractivity contribution in [2.45, 2.75) is 27.4 Å². The van der Waals surface area contributed by atoms with Crippen molar-refractivity contribution in [1.29, 1.82) is 0 Å². The standard InChI is InChI=1S/C27H25N3O4/c1-27(2,3)25-24(26(31)29(28-25)21-7-5-4-6-8-21)17-19-11-15-23(16-12-19)34-18-20-9-13-22(14-10-20)30(32)33/h4-17H,18H2,1-3H3/b24-17+. The highest BCUT2D eigenvalue weighted by Crippen LogP contribution is 2.32. The Bertz CT molecular complexity index is 1260. The van der Waals surface area contributed by atoms with Crippen molar-refractivity contribution in [3.05, 3.63) is 106 Å². The third-order valence-electron chi connectivity index (χ3n) is 5.33. The number of nitro benzene ring substituents is 1. The average molecular weight is 456 g/mol. The largest absolute Gasteiger partial charge is 0.489 e. The van der Waals surface area contributed by atoms with Crippen LogP contribution in [-0.2, 0) is 11.4 Å². The number of anilines is 1. The highest BCUT2D eigenvalue weighted by molar-refractivity contribution is 6.34. The number of carbonyl (C=O) groups excluding carboxylic acids is 1. The zero-order valence-corrected chi connectivity index (χ0v) is 19.3. The molecule has 1 aliphatic rings. The molecular formula is C27H25N3O4. The molecule has 34 heavy (non-hydrogen) atoms. The first kappa shape index (κ1) is 22.9. The van der Waals surface area contributed by atoms with Gasteiger partial charge < -0.3 is 4.74 Å². The molecule has 0 aromatic heterocycles. The van der Waals surface area contributed by atoms with Crippen LogP contribution in [0.5, 0.6) is 5.75 Å². The normalized spacial score (nSPS) is 14.9. The van der Waals surface area contributed by atoms with Crippen molar-refractivity contribution in [3.8, 4) is 5.75 Å². The number of hydrogen-bond donors (Lipinski definition) is 0. The van der Waals surface area contributed by atoms with E-state index in [0.29, 0.717) is 17.9 Å². The van der Waals surface area contributed by atoms with Crippen LogP contribution < -0.4 is 9.75 Å². The summed E-state index contributed by atoms with van der Waals surface area (Å²) < 4.78 is 5.80. The third kappa shape index (κ3) is 5.04. The van der Waals surface area contributed by atoms with E-state index >= 15 is 0 Å². The fourth-order valence-electron chi connectivity index (χ4n) is 3.55. The van der Waals surface area contributed by atoms with Crippen molar-refractivity contribution < 1.29 is 14.5 Å². The molecule has 4 rings (SSSR count). The molecule has 0 saturated carbocycles. The van der Waals surface area contributed by atoms with Gasteiger partial charge in [-0.05, 0) is 53.6 Å². The molecule has 1 heterocycles. The van der Waals surface area contributed by atoms with Crippen LogP contribution in [0.1, 0.15) is 31.9 Å². The van der Waals surface area contributed by atoms with Gasteiger partial charge in [-0.15, -0.1) is 0 Å². The van der Waals surface area contributed by atoms with Gasteiger partial charge in [0.2, 0.25) is 0 Å². The molecule has 0 radical (unpaired) electrons. The average Bonchev–Trinajstić information content (AvgIpc) is 3.16. The van der Waals surface area contributed by atoms with Gasteiger partial charge in [-0.1, -0.05) is 51.1 Å². The number of nitro groups is 1. The van der Waals surface area contributed by atoms with Crippen LogP contribution in [0.2, 0.25) is 0 Å². The number of hydrogen-bond acceptors (Lipinski definition) is 5. The van der Waals surface area contributed by atoms with Crippen LogP contribution in [0, 0.1) is 15.5 Å². The summed E-state index contributed by atoms with van der Waals surface area (Å²) in [5.41, 5.74) is 3.46. The van der Waals surface area contributed by atoms with Gasteiger partial charge in [0, 0.05) is 17.5 Å². The number of non-ortho nitro benzene ring substituents is 1. The van der Waals surface area contributed by atoms with E-state index < -0.39 is 4.92 Å². The molecule has 3 aromatic carbocycles. The number of rotatable bonds is 6. The third-order valence-corrected chi connectivity index (χ3v) is 5.33. The van der Waals surface area contributed by atoms with Gasteiger partial charge in [-0.3, -0.25) is 14.9 Å². The Morgan fingerprint density at radius 1 is 0.971 bits per heavy atom. The van der Waals surface area contributed by atoms with E-state index in [0.717, 1.165) is 22.5 Å². The first-order valence-electron chi connectivity index (χ1n) is 10.9. The zero-order chi connectivity index (χ0) is 24.3. The van der Waals surface area contributed by atoms with Gasteiger partial charge in [0.1, 0.15) is 12.4 Å². The Morgan fingerprint density at radius 2 is 1.62 bits per heavy atom. The van der Waals surface area contributed by atoms with Crippen LogP contribution in [-0.4, -0.2) is 16.5 Å². The molecule has 3 aromatic rings. The number of carbonyl (C=O) groups is 1. The fourth-order valence-corrected chi connectivity index (χ4v) is 3.55. The number of ether oxygens (including phenoxy) is 1. The minimum absolute atomic E-state index is 0.0478. The molecule has 172 valence electrons. The lowest BCUT2D eigenvalue weighted by molar-refractivity contribution is -0.384. The quantitative estimate of drug-likeness (QED) is 0.259. The number of amides is 1. The minimum Gasteiger partial charge on any atom is -0.489 e. The smallest absolute Gasteiger partial charge is 0.280 e. The molecule has 0 fully saturated rings. The molecule has 0 saturated heterocycles. The topological polar surface area (TPSA) is 85.0 Å². The van der Waals surface area contributed by atoms with Gasteiger partial charge >= 0.3 is 0 Å². The molecule has 1 aliphatic heterocycles. The lowest BCUT2D eigenvalue weighted by Gasteiger charge is -2.18. The Hall–Kier alpha value is -4.26. The van der Waals surface area contributed by atoms with Crippen LogP contribution in [0.25, 0.3) is 6.08 Å². The van der Waals surface area contributed by atoms with Gasteiger partial charge in [-0.2, -0.15) is 10.1 Å². The van der Waals surface area contributed by atoms with E-state index in [2.05, 4.69) is 5.10 Å². The van der Waals surface area contributed by atoms with Gasteiger partial charge in [-0.25, -0.2) is 0 Å². The number of benzene rings is 3. The van der Waals surface area contributed by atoms with Crippen molar-refractivity contribution in [2.24, 2.45) is 10.5 Å². The maximum absolute atomic E-state index is 13.2. The lowest BCUT2D eigenvalue weighted by Crippen LogP contribution is -2.24. The van der Waals surface area contributed by atoms with E-state index in [9.17, 15) is 14.9 Å². The summed E-state index contributed by atoms with van der Waals surface area (Å²) in [6.07, 6.45) is 1.86. The summed E-state index contributed by atoms with van der Waals surface area (Å²) in [6, 6.07) is 23.1. The van der Waals surface area contributed by atoms with Gasteiger partial charge in [0.15, 0.2) is 0 Å². The first-order valence-corrected chi connectivity index (χ1v) is 10.9. The Labute approximate surface area is 198 Å². The highest BCUT2D eigenvalue weighted by atomic mass is 16.6. The Kier molecular flexibility index (Phi) is 6.27. The predicted molar refractivity (Wildman–Crippen MR) is 133 cm³/mol. The van der Waals surface area contributed by atoms with Crippen LogP contribution >= 0.6 is 0 Å². The predicted octanol–water partition coefficient (Wildman–Crippen LogP) is 6.01. The van der Waals surface area contributed by atoms with Gasteiger partial charge in [0.25, 0.3) is 11.6 Å². The summed E-state index contributed by atoms with van der Waals surface area (Å²) in [6.45, 7) is 6.41. The minimum atomic E-state index is -0.429.